The maximum absolute atomic E-state index is 4.31. The second kappa shape index (κ2) is 5.98. The minimum atomic E-state index is 0. The van der Waals surface area contributed by atoms with E-state index in [1.807, 2.05) is 24.3 Å². The smallest absolute Gasteiger partial charge is 0.115 e. The summed E-state index contributed by atoms with van der Waals surface area (Å²) < 4.78 is 1.05. The molecule has 0 amide bonds. The van der Waals surface area contributed by atoms with Gasteiger partial charge in [0.15, 0.2) is 0 Å². The van der Waals surface area contributed by atoms with Crippen molar-refractivity contribution in [3.63, 3.8) is 0 Å². The molecule has 0 fully saturated rings. The van der Waals surface area contributed by atoms with Gasteiger partial charge in [-0.2, -0.15) is 0 Å². The van der Waals surface area contributed by atoms with Crippen molar-refractivity contribution < 1.29 is 0 Å². The Kier molecular flexibility index (Phi) is 4.91. The molecule has 0 radical (unpaired) electrons. The van der Waals surface area contributed by atoms with Gasteiger partial charge in [-0.15, -0.1) is 12.4 Å². The summed E-state index contributed by atoms with van der Waals surface area (Å²) in [4.78, 5) is 4.31. The summed E-state index contributed by atoms with van der Waals surface area (Å²) in [5, 5.41) is 0. The molecule has 1 heterocycles. The van der Waals surface area contributed by atoms with Gasteiger partial charge in [0.25, 0.3) is 0 Å². The van der Waals surface area contributed by atoms with Crippen LogP contribution in [0.15, 0.2) is 33.7 Å². The largest absolute Gasteiger partial charge is 0.299 e. The summed E-state index contributed by atoms with van der Waals surface area (Å²) in [5.41, 5.74) is 7.27. The van der Waals surface area contributed by atoms with E-state index in [4.69, 9.17) is 0 Å². The van der Waals surface area contributed by atoms with Crippen LogP contribution >= 0.6 is 28.3 Å². The zero-order valence-corrected chi connectivity index (χ0v) is 10.6. The third-order valence-corrected chi connectivity index (χ3v) is 2.78. The number of nitrogens with one attached hydrogen (secondary N) is 2. The number of hydrogen-bond acceptors (Lipinski definition) is 3. The first-order chi connectivity index (χ1) is 6.86. The van der Waals surface area contributed by atoms with Crippen LogP contribution in [0, 0.1) is 0 Å². The molecule has 1 aromatic rings. The lowest BCUT2D eigenvalue weighted by Gasteiger charge is -2.10. The second-order valence-electron chi connectivity index (χ2n) is 3.16. The van der Waals surface area contributed by atoms with Gasteiger partial charge in [-0.05, 0) is 34.5 Å². The first-order valence-electron chi connectivity index (χ1n) is 4.66. The van der Waals surface area contributed by atoms with Crippen molar-refractivity contribution >= 4 is 39.9 Å². The molecule has 1 aromatic carbocycles. The monoisotopic (exact) mass is 289 g/mol. The predicted molar refractivity (Wildman–Crippen MR) is 69.7 cm³/mol. The average Bonchev–Trinajstić information content (AvgIpc) is 2.69. The topological polar surface area (TPSA) is 36.4 Å². The van der Waals surface area contributed by atoms with Crippen LogP contribution in [0.1, 0.15) is 12.8 Å². The van der Waals surface area contributed by atoms with Crippen molar-refractivity contribution in [2.24, 2.45) is 4.99 Å². The van der Waals surface area contributed by atoms with Gasteiger partial charge in [0.1, 0.15) is 5.84 Å². The Hall–Kier alpha value is -0.740. The highest BCUT2D eigenvalue weighted by Crippen LogP contribution is 2.20. The predicted octanol–water partition coefficient (Wildman–Crippen LogP) is 2.98. The summed E-state index contributed by atoms with van der Waals surface area (Å²) in [6.45, 7) is 0.944. The van der Waals surface area contributed by atoms with E-state index in [1.54, 1.807) is 0 Å². The number of hydrazine groups is 1. The van der Waals surface area contributed by atoms with Crippen LogP contribution in [0.3, 0.4) is 0 Å². The fourth-order valence-corrected chi connectivity index (χ4v) is 1.73. The van der Waals surface area contributed by atoms with E-state index in [9.17, 15) is 0 Å². The molecule has 2 rings (SSSR count). The Morgan fingerprint density at radius 1 is 1.20 bits per heavy atom. The molecular formula is C10H13BrClN3. The van der Waals surface area contributed by atoms with Crippen LogP contribution < -0.4 is 10.9 Å². The number of aliphatic imine (C=N–C) groups is 1. The van der Waals surface area contributed by atoms with Gasteiger partial charge in [0.05, 0.1) is 5.69 Å². The van der Waals surface area contributed by atoms with E-state index in [-0.39, 0.29) is 12.4 Å². The Morgan fingerprint density at radius 2 is 2.00 bits per heavy atom. The number of rotatable bonds is 2. The summed E-state index contributed by atoms with van der Waals surface area (Å²) in [7, 11) is 0. The van der Waals surface area contributed by atoms with Crippen LogP contribution in [0.25, 0.3) is 0 Å². The molecule has 0 bridgehead atoms. The Bertz CT molecular complexity index is 354. The second-order valence-corrected chi connectivity index (χ2v) is 4.02. The fraction of sp³-hybridized carbons (Fsp3) is 0.300. The standard InChI is InChI=1S/C10H12BrN3.ClH/c11-8-4-1-2-5-9(8)13-14-10-6-3-7-12-10;/h1-2,4-5,13H,3,6-7H2,(H,12,14);1H. The molecule has 0 spiro atoms. The average molecular weight is 291 g/mol. The number of hydrogen-bond donors (Lipinski definition) is 2. The maximum Gasteiger partial charge on any atom is 0.115 e. The molecule has 2 N–H and O–H groups in total. The Morgan fingerprint density at radius 3 is 2.67 bits per heavy atom. The van der Waals surface area contributed by atoms with Crippen LogP contribution in [0.4, 0.5) is 5.69 Å². The van der Waals surface area contributed by atoms with E-state index < -0.39 is 0 Å². The summed E-state index contributed by atoms with van der Waals surface area (Å²) in [5.74, 6) is 1.04. The van der Waals surface area contributed by atoms with Gasteiger partial charge in [-0.3, -0.25) is 15.8 Å². The van der Waals surface area contributed by atoms with Crippen LogP contribution in [-0.4, -0.2) is 12.4 Å². The number of benzene rings is 1. The van der Waals surface area contributed by atoms with E-state index in [0.29, 0.717) is 0 Å². The highest BCUT2D eigenvalue weighted by molar-refractivity contribution is 9.10. The summed E-state index contributed by atoms with van der Waals surface area (Å²) >= 11 is 3.46. The number of anilines is 1. The highest BCUT2D eigenvalue weighted by Gasteiger charge is 2.05. The fourth-order valence-electron chi connectivity index (χ4n) is 1.34. The van der Waals surface area contributed by atoms with Crippen molar-refractivity contribution in [2.45, 2.75) is 12.8 Å². The molecule has 0 unspecified atom stereocenters. The van der Waals surface area contributed by atoms with Gasteiger partial charge in [0, 0.05) is 17.4 Å². The molecule has 0 atom stereocenters. The molecule has 5 heteroatoms. The van der Waals surface area contributed by atoms with Crippen LogP contribution in [-0.2, 0) is 0 Å². The van der Waals surface area contributed by atoms with Gasteiger partial charge < -0.3 is 0 Å². The van der Waals surface area contributed by atoms with Gasteiger partial charge in [0.2, 0.25) is 0 Å². The first kappa shape index (κ1) is 12.3. The SMILES string of the molecule is Brc1ccccc1NNC1=NCCC1.Cl. The maximum atomic E-state index is 4.31. The minimum absolute atomic E-state index is 0. The number of amidine groups is 1. The quantitative estimate of drug-likeness (QED) is 0.822. The van der Waals surface area contributed by atoms with Crippen LogP contribution in [0.2, 0.25) is 0 Å². The van der Waals surface area contributed by atoms with Crippen molar-refractivity contribution in [2.75, 3.05) is 12.0 Å². The van der Waals surface area contributed by atoms with Gasteiger partial charge in [-0.1, -0.05) is 12.1 Å². The van der Waals surface area contributed by atoms with Crippen LogP contribution in [0.5, 0.6) is 0 Å². The lowest BCUT2D eigenvalue weighted by Crippen LogP contribution is -2.27. The molecule has 15 heavy (non-hydrogen) atoms. The molecule has 0 saturated heterocycles. The molecule has 0 aliphatic carbocycles. The summed E-state index contributed by atoms with van der Waals surface area (Å²) in [6, 6.07) is 7.99. The van der Waals surface area contributed by atoms with E-state index in [0.717, 1.165) is 35.4 Å². The minimum Gasteiger partial charge on any atom is -0.299 e. The zero-order chi connectivity index (χ0) is 9.80. The van der Waals surface area contributed by atoms with E-state index in [1.165, 1.54) is 0 Å². The van der Waals surface area contributed by atoms with Crippen molar-refractivity contribution in [1.82, 2.24) is 5.43 Å². The lowest BCUT2D eigenvalue weighted by atomic mass is 10.3. The molecule has 1 aliphatic rings. The molecule has 3 nitrogen and oxygen atoms in total. The third-order valence-electron chi connectivity index (χ3n) is 2.09. The number of nitrogens with zero attached hydrogens (tertiary/aromatic N) is 1. The van der Waals surface area contributed by atoms with E-state index >= 15 is 0 Å². The highest BCUT2D eigenvalue weighted by atomic mass is 79.9. The number of para-hydroxylation sites is 1. The number of halogens is 2. The van der Waals surface area contributed by atoms with E-state index in [2.05, 4.69) is 31.8 Å². The van der Waals surface area contributed by atoms with Gasteiger partial charge >= 0.3 is 0 Å². The Balaban J connectivity index is 0.00000112. The molecule has 0 aromatic heterocycles. The zero-order valence-electron chi connectivity index (χ0n) is 8.16. The van der Waals surface area contributed by atoms with Gasteiger partial charge in [-0.25, -0.2) is 0 Å². The molecule has 1 aliphatic heterocycles. The Labute approximate surface area is 104 Å². The lowest BCUT2D eigenvalue weighted by molar-refractivity contribution is 0.944. The molecular weight excluding hydrogens is 277 g/mol. The first-order valence-corrected chi connectivity index (χ1v) is 5.45. The normalized spacial score (nSPS) is 14.1. The third kappa shape index (κ3) is 3.39. The molecule has 82 valence electrons. The van der Waals surface area contributed by atoms with Crippen molar-refractivity contribution in [3.05, 3.63) is 28.7 Å². The van der Waals surface area contributed by atoms with Crippen molar-refractivity contribution in [1.29, 1.82) is 0 Å². The van der Waals surface area contributed by atoms with Crippen molar-refractivity contribution in [3.8, 4) is 0 Å². The molecule has 0 saturated carbocycles. The summed E-state index contributed by atoms with van der Waals surface area (Å²) in [6.07, 6.45) is 2.19.